The molecule has 0 spiro atoms. The molecule has 0 aliphatic carbocycles. The van der Waals surface area contributed by atoms with Gasteiger partial charge in [-0.2, -0.15) is 0 Å². The van der Waals surface area contributed by atoms with Crippen molar-refractivity contribution in [3.05, 3.63) is 0 Å². The Labute approximate surface area is 105 Å². The van der Waals surface area contributed by atoms with Gasteiger partial charge in [-0.25, -0.2) is 4.79 Å². The largest absolute Gasteiger partial charge is 0.480 e. The van der Waals surface area contributed by atoms with Crippen LogP contribution >= 0.6 is 0 Å². The molecule has 0 saturated carbocycles. The molecule has 1 rings (SSSR count). The van der Waals surface area contributed by atoms with E-state index in [9.17, 15) is 14.4 Å². The summed E-state index contributed by atoms with van der Waals surface area (Å²) in [4.78, 5) is 34.7. The average Bonchev–Trinajstić information content (AvgIpc) is 2.36. The lowest BCUT2D eigenvalue weighted by Gasteiger charge is -2.26. The van der Waals surface area contributed by atoms with E-state index < -0.39 is 18.5 Å². The minimum Gasteiger partial charge on any atom is -0.480 e. The summed E-state index contributed by atoms with van der Waals surface area (Å²) in [7, 11) is 0. The quantitative estimate of drug-likeness (QED) is 0.651. The molecule has 7 heteroatoms. The number of carbonyl (C=O) groups excluding carboxylic acids is 2. The molecule has 0 aromatic rings. The van der Waals surface area contributed by atoms with E-state index in [1.165, 1.54) is 0 Å². The Balaban J connectivity index is 2.13. The van der Waals surface area contributed by atoms with Gasteiger partial charge in [-0.1, -0.05) is 0 Å². The normalized spacial score (nSPS) is 15.2. The molecular formula is C11H18N2O5. The minimum absolute atomic E-state index is 0.0603. The van der Waals surface area contributed by atoms with Crippen LogP contribution in [0.2, 0.25) is 0 Å². The number of ether oxygens (including phenoxy) is 1. The van der Waals surface area contributed by atoms with Crippen LogP contribution < -0.4 is 5.32 Å². The Kier molecular flexibility index (Phi) is 6.13. The van der Waals surface area contributed by atoms with Crippen LogP contribution in [-0.4, -0.2) is 60.6 Å². The van der Waals surface area contributed by atoms with E-state index >= 15 is 0 Å². The van der Waals surface area contributed by atoms with Gasteiger partial charge in [-0.15, -0.1) is 0 Å². The number of carbonyl (C=O) groups is 3. The van der Waals surface area contributed by atoms with Crippen molar-refractivity contribution in [2.24, 2.45) is 0 Å². The topological polar surface area (TPSA) is 95.9 Å². The highest BCUT2D eigenvalue weighted by Crippen LogP contribution is 2.07. The van der Waals surface area contributed by atoms with E-state index in [1.54, 1.807) is 4.90 Å². The van der Waals surface area contributed by atoms with Crippen LogP contribution in [0.3, 0.4) is 0 Å². The number of nitrogens with one attached hydrogen (secondary N) is 1. The molecule has 0 aromatic carbocycles. The Morgan fingerprint density at radius 1 is 1.11 bits per heavy atom. The zero-order chi connectivity index (χ0) is 13.4. The van der Waals surface area contributed by atoms with Gasteiger partial charge in [-0.3, -0.25) is 9.59 Å². The van der Waals surface area contributed by atoms with Crippen LogP contribution in [0.5, 0.6) is 0 Å². The Morgan fingerprint density at radius 3 is 2.39 bits per heavy atom. The van der Waals surface area contributed by atoms with Gasteiger partial charge in [0.15, 0.2) is 0 Å². The first-order chi connectivity index (χ1) is 8.59. The predicted molar refractivity (Wildman–Crippen MR) is 61.9 cm³/mol. The average molecular weight is 258 g/mol. The third-order valence-corrected chi connectivity index (χ3v) is 2.60. The molecule has 0 unspecified atom stereocenters. The Morgan fingerprint density at radius 2 is 1.78 bits per heavy atom. The van der Waals surface area contributed by atoms with E-state index in [4.69, 9.17) is 5.11 Å². The van der Waals surface area contributed by atoms with Crippen molar-refractivity contribution in [1.29, 1.82) is 0 Å². The van der Waals surface area contributed by atoms with Crippen molar-refractivity contribution in [3.8, 4) is 0 Å². The first-order valence-electron chi connectivity index (χ1n) is 5.93. The summed E-state index contributed by atoms with van der Waals surface area (Å²) in [6.07, 6.45) is 3.14. The van der Waals surface area contributed by atoms with Gasteiger partial charge in [0, 0.05) is 13.1 Å². The predicted octanol–water partition coefficient (Wildman–Crippen LogP) is -0.784. The van der Waals surface area contributed by atoms with Gasteiger partial charge in [0.05, 0.1) is 6.54 Å². The fourth-order valence-corrected chi connectivity index (χ4v) is 1.71. The minimum atomic E-state index is -1.13. The summed E-state index contributed by atoms with van der Waals surface area (Å²) in [6, 6.07) is 0. The van der Waals surface area contributed by atoms with Crippen molar-refractivity contribution >= 4 is 17.8 Å². The zero-order valence-electron chi connectivity index (χ0n) is 10.2. The molecule has 7 nitrogen and oxygen atoms in total. The number of aliphatic carboxylic acids is 1. The summed E-state index contributed by atoms with van der Waals surface area (Å²) in [5, 5.41) is 10.7. The lowest BCUT2D eigenvalue weighted by atomic mass is 10.1. The molecule has 18 heavy (non-hydrogen) atoms. The smallest absolute Gasteiger partial charge is 0.329 e. The lowest BCUT2D eigenvalue weighted by molar-refractivity contribution is -0.144. The van der Waals surface area contributed by atoms with Crippen molar-refractivity contribution in [2.45, 2.75) is 19.3 Å². The highest BCUT2D eigenvalue weighted by molar-refractivity contribution is 5.85. The van der Waals surface area contributed by atoms with E-state index in [-0.39, 0.29) is 19.1 Å². The number of amides is 2. The Bertz CT molecular complexity index is 313. The molecular weight excluding hydrogens is 240 g/mol. The van der Waals surface area contributed by atoms with Crippen LogP contribution in [0.15, 0.2) is 0 Å². The summed E-state index contributed by atoms with van der Waals surface area (Å²) < 4.78 is 4.60. The number of hydrogen-bond acceptors (Lipinski definition) is 4. The van der Waals surface area contributed by atoms with Gasteiger partial charge >= 0.3 is 5.97 Å². The third-order valence-electron chi connectivity index (χ3n) is 2.60. The maximum atomic E-state index is 11.7. The molecule has 1 saturated heterocycles. The van der Waals surface area contributed by atoms with Crippen LogP contribution in [-0.2, 0) is 19.1 Å². The monoisotopic (exact) mass is 258 g/mol. The van der Waals surface area contributed by atoms with Gasteiger partial charge < -0.3 is 20.1 Å². The summed E-state index contributed by atoms with van der Waals surface area (Å²) in [5.41, 5.74) is 0. The highest BCUT2D eigenvalue weighted by Gasteiger charge is 2.16. The Hall–Kier alpha value is -1.63. The van der Waals surface area contributed by atoms with Crippen LogP contribution in [0.1, 0.15) is 19.3 Å². The van der Waals surface area contributed by atoms with E-state index in [0.29, 0.717) is 0 Å². The SMILES string of the molecule is O=C(O)COCC(=O)NCC(=O)N1CCCCC1. The van der Waals surface area contributed by atoms with Crippen molar-refractivity contribution in [1.82, 2.24) is 10.2 Å². The first-order valence-corrected chi connectivity index (χ1v) is 5.93. The summed E-state index contributed by atoms with van der Waals surface area (Å²) in [5.74, 6) is -1.73. The standard InChI is InChI=1S/C11H18N2O5/c14-9(7-18-8-11(16)17)12-6-10(15)13-4-2-1-3-5-13/h1-8H2,(H,12,14)(H,16,17). The van der Waals surface area contributed by atoms with Crippen molar-refractivity contribution in [3.63, 3.8) is 0 Å². The highest BCUT2D eigenvalue weighted by atomic mass is 16.5. The van der Waals surface area contributed by atoms with Crippen molar-refractivity contribution < 1.29 is 24.2 Å². The molecule has 2 N–H and O–H groups in total. The van der Waals surface area contributed by atoms with Gasteiger partial charge in [-0.05, 0) is 19.3 Å². The molecule has 0 aromatic heterocycles. The van der Waals surface area contributed by atoms with Gasteiger partial charge in [0.25, 0.3) is 0 Å². The number of rotatable bonds is 6. The number of hydrogen-bond donors (Lipinski definition) is 2. The molecule has 0 radical (unpaired) electrons. The maximum Gasteiger partial charge on any atom is 0.329 e. The molecule has 0 bridgehead atoms. The fraction of sp³-hybridized carbons (Fsp3) is 0.727. The lowest BCUT2D eigenvalue weighted by Crippen LogP contribution is -2.43. The first kappa shape index (κ1) is 14.4. The maximum absolute atomic E-state index is 11.7. The van der Waals surface area contributed by atoms with Gasteiger partial charge in [0.2, 0.25) is 11.8 Å². The number of carboxylic acid groups (broad SMARTS) is 1. The van der Waals surface area contributed by atoms with Crippen LogP contribution in [0.25, 0.3) is 0 Å². The van der Waals surface area contributed by atoms with E-state index in [2.05, 4.69) is 10.1 Å². The summed E-state index contributed by atoms with van der Waals surface area (Å²) in [6.45, 7) is 0.552. The number of piperidine rings is 1. The number of likely N-dealkylation sites (tertiary alicyclic amines) is 1. The molecule has 1 aliphatic rings. The van der Waals surface area contributed by atoms with Crippen LogP contribution in [0.4, 0.5) is 0 Å². The molecule has 0 atom stereocenters. The molecule has 1 fully saturated rings. The third kappa shape index (κ3) is 5.62. The fourth-order valence-electron chi connectivity index (χ4n) is 1.71. The van der Waals surface area contributed by atoms with Crippen molar-refractivity contribution in [2.75, 3.05) is 32.8 Å². The van der Waals surface area contributed by atoms with E-state index in [0.717, 1.165) is 32.4 Å². The van der Waals surface area contributed by atoms with Gasteiger partial charge in [0.1, 0.15) is 13.2 Å². The second-order valence-corrected chi connectivity index (χ2v) is 4.10. The number of nitrogens with zero attached hydrogens (tertiary/aromatic N) is 1. The molecule has 1 heterocycles. The number of carboxylic acids is 1. The summed E-state index contributed by atoms with van der Waals surface area (Å²) >= 11 is 0. The van der Waals surface area contributed by atoms with Crippen LogP contribution in [0, 0.1) is 0 Å². The molecule has 102 valence electrons. The second-order valence-electron chi connectivity index (χ2n) is 4.10. The molecule has 1 aliphatic heterocycles. The van der Waals surface area contributed by atoms with E-state index in [1.807, 2.05) is 0 Å². The second kappa shape index (κ2) is 7.65. The zero-order valence-corrected chi connectivity index (χ0v) is 10.2. The molecule has 2 amide bonds.